The van der Waals surface area contributed by atoms with Crippen LogP contribution in [0.3, 0.4) is 0 Å². The number of carbonyl (C=O) groups excluding carboxylic acids is 3. The molecule has 3 saturated carbocycles. The van der Waals surface area contributed by atoms with E-state index in [1.807, 2.05) is 26.0 Å². The normalized spacial score (nSPS) is 41.2. The fourth-order valence-corrected chi connectivity index (χ4v) is 6.80. The molecule has 7 atom stereocenters. The van der Waals surface area contributed by atoms with Crippen molar-refractivity contribution in [3.8, 4) is 0 Å². The number of carbonyl (C=O) groups is 3. The summed E-state index contributed by atoms with van der Waals surface area (Å²) in [6.45, 7) is 13.3. The Labute approximate surface area is 175 Å². The molecule has 0 bridgehead atoms. The van der Waals surface area contributed by atoms with Crippen LogP contribution in [0.2, 0.25) is 0 Å². The fourth-order valence-electron chi connectivity index (χ4n) is 6.80. The molecule has 0 amide bonds. The highest BCUT2D eigenvalue weighted by molar-refractivity contribution is 5.89. The number of rotatable bonds is 5. The topological polar surface area (TPSA) is 71.4 Å². The Morgan fingerprint density at radius 3 is 2.38 bits per heavy atom. The summed E-state index contributed by atoms with van der Waals surface area (Å²) >= 11 is 0. The molecule has 0 aliphatic heterocycles. The quantitative estimate of drug-likeness (QED) is 0.540. The van der Waals surface area contributed by atoms with Crippen molar-refractivity contribution in [2.75, 3.05) is 6.61 Å². The van der Waals surface area contributed by atoms with E-state index in [4.69, 9.17) is 0 Å². The Kier molecular flexibility index (Phi) is 7.42. The lowest BCUT2D eigenvalue weighted by Crippen LogP contribution is -2.56. The minimum Gasteiger partial charge on any atom is -0.389 e. The van der Waals surface area contributed by atoms with E-state index in [1.54, 1.807) is 6.08 Å². The van der Waals surface area contributed by atoms with Gasteiger partial charge in [0, 0.05) is 23.7 Å². The number of hydrogen-bond donors (Lipinski definition) is 1. The van der Waals surface area contributed by atoms with E-state index < -0.39 is 12.0 Å². The molecule has 162 valence electrons. The lowest BCUT2D eigenvalue weighted by molar-refractivity contribution is -0.150. The Balaban J connectivity index is 0.00000145. The van der Waals surface area contributed by atoms with Gasteiger partial charge in [-0.3, -0.25) is 14.4 Å². The molecule has 0 aromatic rings. The van der Waals surface area contributed by atoms with Crippen LogP contribution in [-0.2, 0) is 14.4 Å². The van der Waals surface area contributed by atoms with Crippen molar-refractivity contribution in [1.82, 2.24) is 0 Å². The molecule has 0 spiro atoms. The van der Waals surface area contributed by atoms with E-state index >= 15 is 0 Å². The zero-order valence-corrected chi connectivity index (χ0v) is 18.7. The second-order valence-electron chi connectivity index (χ2n) is 9.38. The first kappa shape index (κ1) is 23.7. The van der Waals surface area contributed by atoms with E-state index in [9.17, 15) is 19.5 Å². The monoisotopic (exact) mass is 402 g/mol. The minimum atomic E-state index is -0.438. The molecule has 3 aliphatic carbocycles. The predicted molar refractivity (Wildman–Crippen MR) is 115 cm³/mol. The van der Waals surface area contributed by atoms with Crippen LogP contribution in [-0.4, -0.2) is 29.1 Å². The SMILES string of the molecule is C=CC1CC[C@@H]2C(C(=O)C[C@@]3(C)C2CC[C@@H]3C(=O)CO)[C@@]1(C)/C=C\C(C)=O.CC. The third-order valence-electron chi connectivity index (χ3n) is 8.04. The summed E-state index contributed by atoms with van der Waals surface area (Å²) in [5.41, 5.74) is -0.752. The van der Waals surface area contributed by atoms with Crippen LogP contribution in [0.25, 0.3) is 0 Å². The van der Waals surface area contributed by atoms with Crippen LogP contribution in [0, 0.1) is 40.4 Å². The number of hydrogen-bond acceptors (Lipinski definition) is 4. The van der Waals surface area contributed by atoms with Crippen molar-refractivity contribution in [3.63, 3.8) is 0 Å². The van der Waals surface area contributed by atoms with Gasteiger partial charge in [0.25, 0.3) is 0 Å². The van der Waals surface area contributed by atoms with Gasteiger partial charge in [0.05, 0.1) is 0 Å². The van der Waals surface area contributed by atoms with E-state index in [0.717, 1.165) is 25.7 Å². The van der Waals surface area contributed by atoms with Crippen LogP contribution >= 0.6 is 0 Å². The molecular weight excluding hydrogens is 364 g/mol. The molecular formula is C25H38O4. The Hall–Kier alpha value is -1.55. The van der Waals surface area contributed by atoms with E-state index in [1.165, 1.54) is 6.92 Å². The van der Waals surface area contributed by atoms with Gasteiger partial charge in [-0.05, 0) is 61.9 Å². The molecule has 4 nitrogen and oxygen atoms in total. The van der Waals surface area contributed by atoms with Gasteiger partial charge in [0.2, 0.25) is 0 Å². The van der Waals surface area contributed by atoms with Crippen molar-refractivity contribution >= 4 is 17.3 Å². The summed E-state index contributed by atoms with van der Waals surface area (Å²) in [5, 5.41) is 9.38. The lowest BCUT2D eigenvalue weighted by Gasteiger charge is -2.56. The largest absolute Gasteiger partial charge is 0.389 e. The molecule has 1 N–H and O–H groups in total. The number of aliphatic hydroxyl groups is 1. The summed E-state index contributed by atoms with van der Waals surface area (Å²) in [7, 11) is 0. The van der Waals surface area contributed by atoms with Crippen LogP contribution < -0.4 is 0 Å². The Bertz CT molecular complexity index is 693. The first-order valence-corrected chi connectivity index (χ1v) is 11.2. The summed E-state index contributed by atoms with van der Waals surface area (Å²) in [6, 6.07) is 0. The highest BCUT2D eigenvalue weighted by Crippen LogP contribution is 2.64. The molecule has 0 heterocycles. The third kappa shape index (κ3) is 3.93. The summed E-state index contributed by atoms with van der Waals surface area (Å²) in [5.74, 6) is 0.438. The summed E-state index contributed by atoms with van der Waals surface area (Å²) in [4.78, 5) is 37.3. The highest BCUT2D eigenvalue weighted by atomic mass is 16.3. The smallest absolute Gasteiger partial charge is 0.161 e. The predicted octanol–water partition coefficient (Wildman–Crippen LogP) is 4.56. The van der Waals surface area contributed by atoms with Gasteiger partial charge in [0.15, 0.2) is 11.6 Å². The average molecular weight is 403 g/mol. The molecule has 29 heavy (non-hydrogen) atoms. The van der Waals surface area contributed by atoms with Crippen molar-refractivity contribution < 1.29 is 19.5 Å². The standard InChI is InChI=1S/C23H32O4.C2H6/c1-5-15-6-7-16-17-8-9-18(20(27)13-24)23(17,4)12-19(26)21(16)22(15,3)11-10-14(2)25;1-2/h5,10-11,15-18,21,24H,1,6-9,12-13H2,2-4H3;1-2H3/b11-10-;/t15?,16-,17?,18+,21?,22-,23-;/m0./s1. The lowest BCUT2D eigenvalue weighted by atomic mass is 9.46. The number of ketones is 3. The van der Waals surface area contributed by atoms with E-state index in [-0.39, 0.29) is 46.4 Å². The number of Topliss-reactive ketones (excluding diaryl/α,β-unsaturated/α-hetero) is 2. The Morgan fingerprint density at radius 1 is 1.17 bits per heavy atom. The Morgan fingerprint density at radius 2 is 1.83 bits per heavy atom. The van der Waals surface area contributed by atoms with Gasteiger partial charge < -0.3 is 5.11 Å². The number of fused-ring (bicyclic) bond motifs is 3. The van der Waals surface area contributed by atoms with Gasteiger partial charge in [-0.15, -0.1) is 6.58 Å². The maximum Gasteiger partial charge on any atom is 0.161 e. The van der Waals surface area contributed by atoms with Gasteiger partial charge in [-0.25, -0.2) is 0 Å². The molecule has 3 aliphatic rings. The van der Waals surface area contributed by atoms with Crippen LogP contribution in [0.1, 0.15) is 66.7 Å². The highest BCUT2D eigenvalue weighted by Gasteiger charge is 2.62. The zero-order valence-electron chi connectivity index (χ0n) is 18.7. The first-order chi connectivity index (χ1) is 13.7. The molecule has 0 aromatic heterocycles. The zero-order chi connectivity index (χ0) is 22.0. The van der Waals surface area contributed by atoms with E-state index in [0.29, 0.717) is 12.3 Å². The second kappa shape index (κ2) is 9.07. The third-order valence-corrected chi connectivity index (χ3v) is 8.04. The minimum absolute atomic E-state index is 0.0104. The molecule has 3 unspecified atom stereocenters. The van der Waals surface area contributed by atoms with Crippen molar-refractivity contribution in [2.24, 2.45) is 40.4 Å². The first-order valence-electron chi connectivity index (χ1n) is 11.2. The molecule has 3 fully saturated rings. The van der Waals surface area contributed by atoms with Crippen molar-refractivity contribution in [1.29, 1.82) is 0 Å². The average Bonchev–Trinajstić information content (AvgIpc) is 3.04. The number of allylic oxidation sites excluding steroid dienone is 3. The van der Waals surface area contributed by atoms with Gasteiger partial charge in [0.1, 0.15) is 12.4 Å². The fraction of sp³-hybridized carbons (Fsp3) is 0.720. The maximum atomic E-state index is 13.4. The molecule has 0 saturated heterocycles. The van der Waals surface area contributed by atoms with Crippen LogP contribution in [0.5, 0.6) is 0 Å². The maximum absolute atomic E-state index is 13.4. The van der Waals surface area contributed by atoms with Crippen LogP contribution in [0.4, 0.5) is 0 Å². The van der Waals surface area contributed by atoms with E-state index in [2.05, 4.69) is 20.4 Å². The van der Waals surface area contributed by atoms with Crippen molar-refractivity contribution in [3.05, 3.63) is 24.8 Å². The molecule has 0 radical (unpaired) electrons. The van der Waals surface area contributed by atoms with Gasteiger partial charge in [-0.1, -0.05) is 39.8 Å². The summed E-state index contributed by atoms with van der Waals surface area (Å²) < 4.78 is 0. The van der Waals surface area contributed by atoms with Gasteiger partial charge >= 0.3 is 0 Å². The summed E-state index contributed by atoms with van der Waals surface area (Å²) in [6.07, 6.45) is 9.49. The number of aliphatic hydroxyl groups excluding tert-OH is 1. The van der Waals surface area contributed by atoms with Gasteiger partial charge in [-0.2, -0.15) is 0 Å². The molecule has 4 heteroatoms. The molecule has 0 aromatic carbocycles. The molecule has 3 rings (SSSR count). The second-order valence-corrected chi connectivity index (χ2v) is 9.38. The van der Waals surface area contributed by atoms with Crippen LogP contribution in [0.15, 0.2) is 24.8 Å². The van der Waals surface area contributed by atoms with Crippen molar-refractivity contribution in [2.45, 2.75) is 66.7 Å².